The minimum absolute atomic E-state index is 0.0313. The van der Waals surface area contributed by atoms with E-state index in [-0.39, 0.29) is 23.9 Å². The van der Waals surface area contributed by atoms with Gasteiger partial charge in [0, 0.05) is 37.3 Å². The Balaban J connectivity index is 1.29. The number of rotatable bonds is 8. The van der Waals surface area contributed by atoms with Gasteiger partial charge in [-0.25, -0.2) is 0 Å². The van der Waals surface area contributed by atoms with Gasteiger partial charge >= 0.3 is 0 Å². The normalized spacial score (nSPS) is 31.2. The lowest BCUT2D eigenvalue weighted by molar-refractivity contribution is 0.0321. The molecule has 0 spiro atoms. The molecule has 0 aromatic heterocycles. The van der Waals surface area contributed by atoms with Crippen LogP contribution in [0.5, 0.6) is 11.5 Å². The molecule has 0 N–H and O–H groups in total. The predicted octanol–water partition coefficient (Wildman–Crippen LogP) is 4.31. The van der Waals surface area contributed by atoms with Crippen molar-refractivity contribution in [2.75, 3.05) is 53.7 Å². The summed E-state index contributed by atoms with van der Waals surface area (Å²) >= 11 is 0. The van der Waals surface area contributed by atoms with Gasteiger partial charge in [-0.2, -0.15) is 5.10 Å². The van der Waals surface area contributed by atoms with E-state index in [9.17, 15) is 0 Å². The molecular formula is C32H40N4O4. The largest absolute Gasteiger partial charge is 0.497 e. The molecular weight excluding hydrogens is 504 g/mol. The molecule has 3 aliphatic heterocycles. The Morgan fingerprint density at radius 2 is 1.82 bits per heavy atom. The maximum absolute atomic E-state index is 6.16. The van der Waals surface area contributed by atoms with Gasteiger partial charge < -0.3 is 18.9 Å². The van der Waals surface area contributed by atoms with Crippen LogP contribution in [-0.4, -0.2) is 87.6 Å². The highest BCUT2D eigenvalue weighted by Gasteiger charge is 2.47. The van der Waals surface area contributed by atoms with Gasteiger partial charge in [0.25, 0.3) is 0 Å². The van der Waals surface area contributed by atoms with E-state index < -0.39 is 0 Å². The number of fused-ring (bicyclic) bond motifs is 3. The SMILES string of the molecule is COC1=CC2C(C=C1)N=CC1C(c3ccc(OCCN4CCOCC4)c(OC)c3)=NN(C3=CC(C)C(C)C=C3)C12. The number of benzene rings is 1. The molecule has 1 saturated heterocycles. The van der Waals surface area contributed by atoms with E-state index in [2.05, 4.69) is 72.5 Å². The number of hydrazone groups is 1. The number of morpholine rings is 1. The van der Waals surface area contributed by atoms with Crippen molar-refractivity contribution >= 4 is 11.9 Å². The summed E-state index contributed by atoms with van der Waals surface area (Å²) in [5.41, 5.74) is 3.15. The Morgan fingerprint density at radius 1 is 0.975 bits per heavy atom. The molecule has 0 radical (unpaired) electrons. The summed E-state index contributed by atoms with van der Waals surface area (Å²) in [4.78, 5) is 7.33. The van der Waals surface area contributed by atoms with Gasteiger partial charge in [0.2, 0.25) is 0 Å². The number of nitrogens with zero attached hydrogens (tertiary/aromatic N) is 4. The zero-order valence-electron chi connectivity index (χ0n) is 23.9. The Morgan fingerprint density at radius 3 is 2.60 bits per heavy atom. The maximum atomic E-state index is 6.16. The first-order valence-electron chi connectivity index (χ1n) is 14.4. The Hall–Kier alpha value is -3.36. The summed E-state index contributed by atoms with van der Waals surface area (Å²) in [6, 6.07) is 6.32. The summed E-state index contributed by atoms with van der Waals surface area (Å²) < 4.78 is 23.0. The number of allylic oxidation sites excluding steroid dienone is 4. The third-order valence-electron chi connectivity index (χ3n) is 8.77. The number of aliphatic imine (C=N–C) groups is 1. The van der Waals surface area contributed by atoms with Crippen LogP contribution in [0.3, 0.4) is 0 Å². The van der Waals surface area contributed by atoms with Crippen molar-refractivity contribution in [2.45, 2.75) is 25.9 Å². The summed E-state index contributed by atoms with van der Waals surface area (Å²) in [5, 5.41) is 7.51. The molecule has 5 aliphatic rings. The van der Waals surface area contributed by atoms with E-state index >= 15 is 0 Å². The van der Waals surface area contributed by atoms with Crippen LogP contribution < -0.4 is 9.47 Å². The Kier molecular flexibility index (Phi) is 7.80. The Bertz CT molecular complexity index is 1280. The Labute approximate surface area is 237 Å². The van der Waals surface area contributed by atoms with E-state index in [1.807, 2.05) is 12.1 Å². The van der Waals surface area contributed by atoms with Crippen molar-refractivity contribution in [1.82, 2.24) is 9.91 Å². The molecule has 2 aliphatic carbocycles. The third-order valence-corrected chi connectivity index (χ3v) is 8.77. The molecule has 0 saturated carbocycles. The van der Waals surface area contributed by atoms with Gasteiger partial charge in [0.1, 0.15) is 12.4 Å². The van der Waals surface area contributed by atoms with Crippen LogP contribution in [0.2, 0.25) is 0 Å². The highest BCUT2D eigenvalue weighted by atomic mass is 16.5. The first kappa shape index (κ1) is 26.8. The van der Waals surface area contributed by atoms with Crippen LogP contribution in [0.15, 0.2) is 76.2 Å². The fourth-order valence-corrected chi connectivity index (χ4v) is 6.16. The number of ether oxygens (including phenoxy) is 4. The van der Waals surface area contributed by atoms with Crippen LogP contribution >= 0.6 is 0 Å². The second-order valence-electron chi connectivity index (χ2n) is 11.2. The molecule has 8 heteroatoms. The number of hydrogen-bond donors (Lipinski definition) is 0. The van der Waals surface area contributed by atoms with E-state index in [4.69, 9.17) is 29.0 Å². The highest BCUT2D eigenvalue weighted by Crippen LogP contribution is 2.42. The van der Waals surface area contributed by atoms with Gasteiger partial charge in [0.15, 0.2) is 11.5 Å². The highest BCUT2D eigenvalue weighted by molar-refractivity contribution is 6.12. The fraction of sp³-hybridized carbons (Fsp3) is 0.500. The second kappa shape index (κ2) is 11.6. The van der Waals surface area contributed by atoms with Gasteiger partial charge in [-0.3, -0.25) is 14.9 Å². The quantitative estimate of drug-likeness (QED) is 0.486. The fourth-order valence-electron chi connectivity index (χ4n) is 6.16. The number of methoxy groups -OCH3 is 2. The molecule has 8 nitrogen and oxygen atoms in total. The van der Waals surface area contributed by atoms with E-state index in [0.717, 1.165) is 61.3 Å². The summed E-state index contributed by atoms with van der Waals surface area (Å²) in [6.07, 6.45) is 15.3. The van der Waals surface area contributed by atoms with Crippen LogP contribution in [0.1, 0.15) is 19.4 Å². The van der Waals surface area contributed by atoms with Crippen molar-refractivity contribution < 1.29 is 18.9 Å². The zero-order valence-corrected chi connectivity index (χ0v) is 23.9. The van der Waals surface area contributed by atoms with Gasteiger partial charge in [-0.1, -0.05) is 32.1 Å². The van der Waals surface area contributed by atoms with Crippen molar-refractivity contribution in [3.8, 4) is 11.5 Å². The van der Waals surface area contributed by atoms with Crippen LogP contribution in [0, 0.1) is 23.7 Å². The summed E-state index contributed by atoms with van der Waals surface area (Å²) in [7, 11) is 3.42. The lowest BCUT2D eigenvalue weighted by Gasteiger charge is -2.39. The van der Waals surface area contributed by atoms with E-state index in [1.54, 1.807) is 14.2 Å². The average molecular weight is 545 g/mol. The molecule has 1 fully saturated rings. The standard InChI is InChI=1S/C32H40N4O4/c1-21-5-7-24(17-22(21)2)36-32-26-19-25(37-3)8-9-28(26)33-20-27(32)31(34-36)23-6-10-29(30(18-23)38-4)40-16-13-35-11-14-39-15-12-35/h5-10,17-22,26-28,32H,11-16H2,1-4H3. The van der Waals surface area contributed by atoms with Gasteiger partial charge in [-0.05, 0) is 48.3 Å². The van der Waals surface area contributed by atoms with Gasteiger partial charge in [-0.15, -0.1) is 0 Å². The van der Waals surface area contributed by atoms with E-state index in [1.165, 1.54) is 0 Å². The molecule has 0 bridgehead atoms. The molecule has 212 valence electrons. The molecule has 1 aromatic rings. The molecule has 3 heterocycles. The van der Waals surface area contributed by atoms with E-state index in [0.29, 0.717) is 24.2 Å². The first-order valence-corrected chi connectivity index (χ1v) is 14.4. The van der Waals surface area contributed by atoms with Crippen molar-refractivity contribution in [1.29, 1.82) is 0 Å². The summed E-state index contributed by atoms with van der Waals surface area (Å²) in [6.45, 7) is 9.46. The van der Waals surface area contributed by atoms with Crippen molar-refractivity contribution in [3.63, 3.8) is 0 Å². The molecule has 6 atom stereocenters. The molecule has 6 unspecified atom stereocenters. The molecule has 1 aromatic carbocycles. The van der Waals surface area contributed by atoms with Crippen LogP contribution in [-0.2, 0) is 9.47 Å². The lowest BCUT2D eigenvalue weighted by atomic mass is 9.76. The molecule has 6 rings (SSSR count). The minimum Gasteiger partial charge on any atom is -0.497 e. The average Bonchev–Trinajstić information content (AvgIpc) is 3.39. The van der Waals surface area contributed by atoms with Crippen molar-refractivity contribution in [2.24, 2.45) is 33.8 Å². The first-order chi connectivity index (χ1) is 19.6. The monoisotopic (exact) mass is 544 g/mol. The third kappa shape index (κ3) is 5.22. The molecule has 40 heavy (non-hydrogen) atoms. The lowest BCUT2D eigenvalue weighted by Crippen LogP contribution is -2.47. The summed E-state index contributed by atoms with van der Waals surface area (Å²) in [5.74, 6) is 3.45. The van der Waals surface area contributed by atoms with Crippen LogP contribution in [0.4, 0.5) is 0 Å². The minimum atomic E-state index is 0.0313. The maximum Gasteiger partial charge on any atom is 0.161 e. The second-order valence-corrected chi connectivity index (χ2v) is 11.2. The van der Waals surface area contributed by atoms with Crippen molar-refractivity contribution in [3.05, 3.63) is 71.7 Å². The number of hydrogen-bond acceptors (Lipinski definition) is 8. The zero-order chi connectivity index (χ0) is 27.6. The smallest absolute Gasteiger partial charge is 0.161 e. The van der Waals surface area contributed by atoms with Gasteiger partial charge in [0.05, 0.1) is 56.8 Å². The predicted molar refractivity (Wildman–Crippen MR) is 157 cm³/mol. The molecule has 0 amide bonds. The topological polar surface area (TPSA) is 68.1 Å². The van der Waals surface area contributed by atoms with Crippen LogP contribution in [0.25, 0.3) is 0 Å².